The first kappa shape index (κ1) is 29.0. The van der Waals surface area contributed by atoms with Gasteiger partial charge in [-0.25, -0.2) is 4.79 Å². The Hall–Kier alpha value is -4.52. The van der Waals surface area contributed by atoms with Gasteiger partial charge >= 0.3 is 5.97 Å². The van der Waals surface area contributed by atoms with Crippen molar-refractivity contribution < 1.29 is 23.8 Å². The van der Waals surface area contributed by atoms with Crippen LogP contribution in [0.25, 0.3) is 0 Å². The number of anilines is 2. The molecule has 1 aromatic heterocycles. The predicted molar refractivity (Wildman–Crippen MR) is 164 cm³/mol. The van der Waals surface area contributed by atoms with E-state index in [4.69, 9.17) is 9.15 Å². The van der Waals surface area contributed by atoms with E-state index in [9.17, 15) is 14.7 Å². The number of amides is 1. The fourth-order valence-electron chi connectivity index (χ4n) is 5.44. The molecule has 1 aliphatic carbocycles. The number of benzene rings is 3. The number of hydrogen-bond acceptors (Lipinski definition) is 5. The molecule has 0 atom stereocenters. The summed E-state index contributed by atoms with van der Waals surface area (Å²) in [4.78, 5) is 27.0. The van der Waals surface area contributed by atoms with Crippen molar-refractivity contribution in [2.45, 2.75) is 71.6 Å². The Labute approximate surface area is 247 Å². The molecule has 5 rings (SSSR count). The van der Waals surface area contributed by atoms with E-state index in [2.05, 4.69) is 16.3 Å². The van der Waals surface area contributed by atoms with Crippen LogP contribution in [-0.2, 0) is 41.9 Å². The number of nitrogens with one attached hydrogen (secondary N) is 1. The predicted octanol–water partition coefficient (Wildman–Crippen LogP) is 7.10. The van der Waals surface area contributed by atoms with Gasteiger partial charge in [0.25, 0.3) is 0 Å². The highest BCUT2D eigenvalue weighted by molar-refractivity contribution is 5.94. The number of hydrogen-bond donors (Lipinski definition) is 2. The average molecular weight is 567 g/mol. The van der Waals surface area contributed by atoms with Crippen LogP contribution in [0, 0.1) is 6.92 Å². The minimum Gasteiger partial charge on any atom is -0.478 e. The summed E-state index contributed by atoms with van der Waals surface area (Å²) in [5.74, 6) is 1.08. The van der Waals surface area contributed by atoms with Gasteiger partial charge < -0.3 is 24.5 Å². The summed E-state index contributed by atoms with van der Waals surface area (Å²) in [6.07, 6.45) is 4.64. The lowest BCUT2D eigenvalue weighted by atomic mass is 9.90. The number of ether oxygens (including phenoxy) is 1. The van der Waals surface area contributed by atoms with E-state index in [-0.39, 0.29) is 12.3 Å². The van der Waals surface area contributed by atoms with Crippen LogP contribution in [0.2, 0.25) is 0 Å². The molecule has 0 bridgehead atoms. The van der Waals surface area contributed by atoms with Crippen LogP contribution in [0.5, 0.6) is 5.75 Å². The number of carbonyl (C=O) groups excluding carboxylic acids is 1. The maximum atomic E-state index is 13.4. The van der Waals surface area contributed by atoms with Crippen LogP contribution in [0.4, 0.5) is 11.4 Å². The molecule has 1 aliphatic rings. The summed E-state index contributed by atoms with van der Waals surface area (Å²) in [7, 11) is 0. The molecule has 0 unspecified atom stereocenters. The Bertz CT molecular complexity index is 1550. The number of aryl methyl sites for hydroxylation is 2. The SMILES string of the molecule is Cc1ccc(CN(Cc2ccc(OC(C)(C)C(=O)O)cc2)c2ccccc2CC(=O)Nc2cccc3c2CCCC3)o1. The minimum absolute atomic E-state index is 0.0437. The van der Waals surface area contributed by atoms with E-state index in [0.717, 1.165) is 53.3 Å². The second kappa shape index (κ2) is 12.6. The van der Waals surface area contributed by atoms with Gasteiger partial charge in [0, 0.05) is 17.9 Å². The summed E-state index contributed by atoms with van der Waals surface area (Å²) in [5.41, 5.74) is 5.07. The molecular weight excluding hydrogens is 528 g/mol. The number of carboxylic acid groups (broad SMARTS) is 1. The highest BCUT2D eigenvalue weighted by atomic mass is 16.5. The first-order valence-corrected chi connectivity index (χ1v) is 14.5. The second-order valence-corrected chi connectivity index (χ2v) is 11.4. The molecule has 4 aromatic rings. The molecule has 218 valence electrons. The third-order valence-corrected chi connectivity index (χ3v) is 7.68. The Morgan fingerprint density at radius 2 is 1.69 bits per heavy atom. The van der Waals surface area contributed by atoms with Crippen LogP contribution >= 0.6 is 0 Å². The monoisotopic (exact) mass is 566 g/mol. The number of aliphatic carboxylic acids is 1. The van der Waals surface area contributed by atoms with E-state index >= 15 is 0 Å². The maximum Gasteiger partial charge on any atom is 0.347 e. The van der Waals surface area contributed by atoms with E-state index in [0.29, 0.717) is 18.8 Å². The molecule has 7 nitrogen and oxygen atoms in total. The Morgan fingerprint density at radius 1 is 0.929 bits per heavy atom. The molecule has 0 spiro atoms. The zero-order valence-electron chi connectivity index (χ0n) is 24.5. The van der Waals surface area contributed by atoms with E-state index < -0.39 is 11.6 Å². The highest BCUT2D eigenvalue weighted by Gasteiger charge is 2.29. The first-order chi connectivity index (χ1) is 20.2. The minimum atomic E-state index is -1.33. The van der Waals surface area contributed by atoms with Gasteiger partial charge in [0.2, 0.25) is 5.91 Å². The smallest absolute Gasteiger partial charge is 0.347 e. The summed E-state index contributed by atoms with van der Waals surface area (Å²) < 4.78 is 11.6. The molecule has 0 saturated heterocycles. The number of carboxylic acids is 1. The topological polar surface area (TPSA) is 92.0 Å². The molecule has 1 heterocycles. The quantitative estimate of drug-likeness (QED) is 0.201. The maximum absolute atomic E-state index is 13.4. The molecule has 0 saturated carbocycles. The van der Waals surface area contributed by atoms with Gasteiger partial charge in [-0.1, -0.05) is 42.5 Å². The van der Waals surface area contributed by atoms with Gasteiger partial charge in [0.05, 0.1) is 13.0 Å². The van der Waals surface area contributed by atoms with Crippen molar-refractivity contribution in [2.24, 2.45) is 0 Å². The zero-order valence-corrected chi connectivity index (χ0v) is 24.5. The van der Waals surface area contributed by atoms with Crippen molar-refractivity contribution >= 4 is 23.3 Å². The van der Waals surface area contributed by atoms with Crippen LogP contribution < -0.4 is 15.0 Å². The summed E-state index contributed by atoms with van der Waals surface area (Å²) in [6, 6.07) is 25.5. The molecule has 7 heteroatoms. The summed E-state index contributed by atoms with van der Waals surface area (Å²) in [5, 5.41) is 12.6. The number of fused-ring (bicyclic) bond motifs is 1. The Morgan fingerprint density at radius 3 is 2.43 bits per heavy atom. The number of carbonyl (C=O) groups is 2. The standard InChI is InChI=1S/C35H38N2O5/c1-24-15-18-29(41-24)23-37(22-25-16-19-28(20-17-25)42-35(2,3)34(39)40)32-14-7-5-10-27(32)21-33(38)36-31-13-8-11-26-9-4-6-12-30(26)31/h5,7-8,10-11,13-20H,4,6,9,12,21-23H2,1-3H3,(H,36,38)(H,39,40). The molecule has 42 heavy (non-hydrogen) atoms. The van der Waals surface area contributed by atoms with E-state index in [1.54, 1.807) is 12.1 Å². The number of para-hydroxylation sites is 1. The van der Waals surface area contributed by atoms with Crippen molar-refractivity contribution in [3.63, 3.8) is 0 Å². The van der Waals surface area contributed by atoms with Crippen molar-refractivity contribution in [1.29, 1.82) is 0 Å². The van der Waals surface area contributed by atoms with Crippen molar-refractivity contribution in [1.82, 2.24) is 0 Å². The normalized spacial score (nSPS) is 12.8. The number of nitrogens with zero attached hydrogens (tertiary/aromatic N) is 1. The first-order valence-electron chi connectivity index (χ1n) is 14.5. The van der Waals surface area contributed by atoms with Gasteiger partial charge in [-0.3, -0.25) is 4.79 Å². The molecule has 1 amide bonds. The Kier molecular flexibility index (Phi) is 8.67. The molecule has 0 aliphatic heterocycles. The van der Waals surface area contributed by atoms with E-state index in [1.165, 1.54) is 31.4 Å². The van der Waals surface area contributed by atoms with Crippen molar-refractivity contribution in [2.75, 3.05) is 10.2 Å². The fourth-order valence-corrected chi connectivity index (χ4v) is 5.44. The second-order valence-electron chi connectivity index (χ2n) is 11.4. The van der Waals surface area contributed by atoms with Crippen molar-refractivity contribution in [3.05, 3.63) is 113 Å². The largest absolute Gasteiger partial charge is 0.478 e. The van der Waals surface area contributed by atoms with Gasteiger partial charge in [-0.05, 0) is 105 Å². The van der Waals surface area contributed by atoms with Crippen LogP contribution in [-0.4, -0.2) is 22.6 Å². The molecule has 2 N–H and O–H groups in total. The summed E-state index contributed by atoms with van der Waals surface area (Å²) >= 11 is 0. The van der Waals surface area contributed by atoms with Gasteiger partial charge in [-0.15, -0.1) is 0 Å². The Balaban J connectivity index is 1.37. The molecular formula is C35H38N2O5. The average Bonchev–Trinajstić information content (AvgIpc) is 3.38. The number of furan rings is 1. The van der Waals surface area contributed by atoms with E-state index in [1.807, 2.05) is 67.6 Å². The third-order valence-electron chi connectivity index (χ3n) is 7.68. The molecule has 0 fully saturated rings. The van der Waals surface area contributed by atoms with Gasteiger partial charge in [0.15, 0.2) is 5.60 Å². The molecule has 0 radical (unpaired) electrons. The number of rotatable bonds is 11. The lowest BCUT2D eigenvalue weighted by molar-refractivity contribution is -0.152. The van der Waals surface area contributed by atoms with Gasteiger partial charge in [-0.2, -0.15) is 0 Å². The van der Waals surface area contributed by atoms with Crippen LogP contribution in [0.3, 0.4) is 0 Å². The highest BCUT2D eigenvalue weighted by Crippen LogP contribution is 2.30. The van der Waals surface area contributed by atoms with Gasteiger partial charge in [0.1, 0.15) is 17.3 Å². The van der Waals surface area contributed by atoms with Crippen LogP contribution in [0.15, 0.2) is 83.3 Å². The molecule has 3 aromatic carbocycles. The lowest BCUT2D eigenvalue weighted by Crippen LogP contribution is -2.37. The lowest BCUT2D eigenvalue weighted by Gasteiger charge is -2.27. The van der Waals surface area contributed by atoms with Crippen molar-refractivity contribution in [3.8, 4) is 5.75 Å². The summed E-state index contributed by atoms with van der Waals surface area (Å²) in [6.45, 7) is 6.04. The third kappa shape index (κ3) is 7.03. The fraction of sp³-hybridized carbons (Fsp3) is 0.314. The zero-order chi connectivity index (χ0) is 29.7. The van der Waals surface area contributed by atoms with Crippen LogP contribution in [0.1, 0.15) is 60.5 Å².